The van der Waals surface area contributed by atoms with Gasteiger partial charge in [-0.2, -0.15) is 0 Å². The molecule has 2 atom stereocenters. The monoisotopic (exact) mass is 593 g/mol. The van der Waals surface area contributed by atoms with Crippen LogP contribution >= 0.6 is 0 Å². The molecule has 1 aliphatic heterocycles. The van der Waals surface area contributed by atoms with Crippen molar-refractivity contribution in [3.63, 3.8) is 0 Å². The minimum absolute atomic E-state index is 0.0445. The Bertz CT molecular complexity index is 1430. The van der Waals surface area contributed by atoms with Crippen LogP contribution < -0.4 is 10.1 Å². The summed E-state index contributed by atoms with van der Waals surface area (Å²) in [4.78, 5) is 21.2. The molecule has 0 fully saturated rings. The average molecular weight is 594 g/mol. The number of aliphatic hydroxyl groups is 1. The Balaban J connectivity index is 1.71. The quantitative estimate of drug-likeness (QED) is 0.259. The first kappa shape index (κ1) is 31.2. The lowest BCUT2D eigenvalue weighted by Gasteiger charge is -2.30. The van der Waals surface area contributed by atoms with Crippen molar-refractivity contribution >= 4 is 21.6 Å². The lowest BCUT2D eigenvalue weighted by molar-refractivity contribution is -0.129. The molecule has 9 nitrogen and oxygen atoms in total. The van der Waals surface area contributed by atoms with Gasteiger partial charge in [-0.15, -0.1) is 0 Å². The second-order valence-electron chi connectivity index (χ2n) is 10.5. The van der Waals surface area contributed by atoms with Gasteiger partial charge in [-0.3, -0.25) is 4.79 Å². The summed E-state index contributed by atoms with van der Waals surface area (Å²) < 4.78 is 38.8. The Labute approximate surface area is 248 Å². The van der Waals surface area contributed by atoms with Crippen LogP contribution in [-0.4, -0.2) is 81.9 Å². The van der Waals surface area contributed by atoms with Gasteiger partial charge >= 0.3 is 0 Å². The van der Waals surface area contributed by atoms with Crippen LogP contribution in [0.2, 0.25) is 0 Å². The summed E-state index contributed by atoms with van der Waals surface area (Å²) in [5.41, 5.74) is -0.160. The van der Waals surface area contributed by atoms with Gasteiger partial charge in [-0.1, -0.05) is 48.5 Å². The molecule has 0 aliphatic carbocycles. The highest BCUT2D eigenvalue weighted by Gasteiger charge is 2.53. The maximum atomic E-state index is 14.1. The SMILES string of the molecule is CN(C)CCCNC(=O)[C@]1(CCS(=O)(=O)c2ccccc2)N=C(c2ccc(OCCCO)cc2)O[C@@H]1c1ccccc1. The number of amides is 1. The highest BCUT2D eigenvalue weighted by molar-refractivity contribution is 7.91. The number of benzene rings is 3. The fourth-order valence-electron chi connectivity index (χ4n) is 4.78. The molecule has 0 saturated heterocycles. The number of carbonyl (C=O) groups is 1. The zero-order valence-corrected chi connectivity index (χ0v) is 24.9. The van der Waals surface area contributed by atoms with Crippen LogP contribution in [0, 0.1) is 0 Å². The largest absolute Gasteiger partial charge is 0.494 e. The van der Waals surface area contributed by atoms with Crippen LogP contribution in [0.4, 0.5) is 0 Å². The van der Waals surface area contributed by atoms with Gasteiger partial charge in [0.05, 0.1) is 17.3 Å². The van der Waals surface area contributed by atoms with Crippen LogP contribution in [-0.2, 0) is 19.4 Å². The van der Waals surface area contributed by atoms with Crippen LogP contribution in [0.15, 0.2) is 94.8 Å². The third kappa shape index (κ3) is 7.76. The smallest absolute Gasteiger partial charge is 0.252 e. The minimum atomic E-state index is -3.71. The first-order valence-corrected chi connectivity index (χ1v) is 15.8. The van der Waals surface area contributed by atoms with E-state index in [0.717, 1.165) is 18.5 Å². The van der Waals surface area contributed by atoms with Gasteiger partial charge in [-0.05, 0) is 69.0 Å². The number of nitrogens with zero attached hydrogens (tertiary/aromatic N) is 2. The third-order valence-corrected chi connectivity index (χ3v) is 8.79. The molecule has 0 saturated carbocycles. The minimum Gasteiger partial charge on any atom is -0.494 e. The van der Waals surface area contributed by atoms with E-state index in [0.29, 0.717) is 30.9 Å². The van der Waals surface area contributed by atoms with Gasteiger partial charge in [0.1, 0.15) is 5.75 Å². The molecule has 42 heavy (non-hydrogen) atoms. The maximum Gasteiger partial charge on any atom is 0.252 e. The van der Waals surface area contributed by atoms with E-state index in [9.17, 15) is 13.2 Å². The van der Waals surface area contributed by atoms with Crippen LogP contribution in [0.25, 0.3) is 0 Å². The molecule has 3 aromatic carbocycles. The van der Waals surface area contributed by atoms with E-state index >= 15 is 0 Å². The van der Waals surface area contributed by atoms with E-state index < -0.39 is 21.5 Å². The normalized spacial score (nSPS) is 18.4. The van der Waals surface area contributed by atoms with E-state index in [1.54, 1.807) is 54.6 Å². The van der Waals surface area contributed by atoms with E-state index in [1.165, 1.54) is 0 Å². The number of ether oxygens (including phenoxy) is 2. The van der Waals surface area contributed by atoms with Crippen molar-refractivity contribution < 1.29 is 27.8 Å². The summed E-state index contributed by atoms with van der Waals surface area (Å²) in [7, 11) is 0.225. The molecule has 0 bridgehead atoms. The Hall–Kier alpha value is -3.73. The summed E-state index contributed by atoms with van der Waals surface area (Å²) in [6.07, 6.45) is 0.334. The van der Waals surface area contributed by atoms with Crippen molar-refractivity contribution in [1.29, 1.82) is 0 Å². The summed E-state index contributed by atoms with van der Waals surface area (Å²) in [6, 6.07) is 24.7. The molecule has 1 aliphatic rings. The molecule has 224 valence electrons. The van der Waals surface area contributed by atoms with E-state index in [1.807, 2.05) is 49.3 Å². The molecule has 1 amide bonds. The van der Waals surface area contributed by atoms with Gasteiger partial charge in [0.25, 0.3) is 5.91 Å². The van der Waals surface area contributed by atoms with E-state index in [2.05, 4.69) is 5.32 Å². The Morgan fingerprint density at radius 2 is 1.67 bits per heavy atom. The summed E-state index contributed by atoms with van der Waals surface area (Å²) in [5.74, 6) is 0.219. The molecule has 0 unspecified atom stereocenters. The molecular formula is C32H39N3O6S. The molecule has 0 spiro atoms. The topological polar surface area (TPSA) is 118 Å². The first-order chi connectivity index (χ1) is 20.2. The van der Waals surface area contributed by atoms with Crippen molar-refractivity contribution in [3.05, 3.63) is 96.1 Å². The molecule has 0 radical (unpaired) electrons. The van der Waals surface area contributed by atoms with Crippen molar-refractivity contribution in [1.82, 2.24) is 10.2 Å². The summed E-state index contributed by atoms with van der Waals surface area (Å²) in [6.45, 7) is 1.63. The summed E-state index contributed by atoms with van der Waals surface area (Å²) >= 11 is 0. The highest BCUT2D eigenvalue weighted by atomic mass is 32.2. The first-order valence-electron chi connectivity index (χ1n) is 14.1. The number of nitrogens with one attached hydrogen (secondary N) is 1. The molecule has 2 N–H and O–H groups in total. The molecule has 4 rings (SSSR count). The fourth-order valence-corrected chi connectivity index (χ4v) is 6.17. The van der Waals surface area contributed by atoms with Crippen molar-refractivity contribution in [2.24, 2.45) is 4.99 Å². The molecule has 3 aromatic rings. The van der Waals surface area contributed by atoms with Crippen LogP contribution in [0.3, 0.4) is 0 Å². The predicted molar refractivity (Wildman–Crippen MR) is 162 cm³/mol. The van der Waals surface area contributed by atoms with Crippen LogP contribution in [0.1, 0.15) is 36.5 Å². The van der Waals surface area contributed by atoms with Crippen molar-refractivity contribution in [2.75, 3.05) is 46.2 Å². The van der Waals surface area contributed by atoms with Gasteiger partial charge in [0.15, 0.2) is 21.5 Å². The van der Waals surface area contributed by atoms with Gasteiger partial charge < -0.3 is 24.8 Å². The second kappa shape index (κ2) is 14.4. The molecule has 10 heteroatoms. The second-order valence-corrected chi connectivity index (χ2v) is 12.6. The lowest BCUT2D eigenvalue weighted by atomic mass is 9.85. The van der Waals surface area contributed by atoms with Crippen molar-refractivity contribution in [2.45, 2.75) is 35.8 Å². The summed E-state index contributed by atoms with van der Waals surface area (Å²) in [5, 5.41) is 12.0. The maximum absolute atomic E-state index is 14.1. The van der Waals surface area contributed by atoms with E-state index in [-0.39, 0.29) is 35.5 Å². The van der Waals surface area contributed by atoms with Crippen LogP contribution in [0.5, 0.6) is 5.75 Å². The van der Waals surface area contributed by atoms with Gasteiger partial charge in [-0.25, -0.2) is 13.4 Å². The number of sulfone groups is 1. The number of carbonyl (C=O) groups excluding carboxylic acids is 1. The number of hydrogen-bond acceptors (Lipinski definition) is 8. The lowest BCUT2D eigenvalue weighted by Crippen LogP contribution is -2.49. The average Bonchev–Trinajstić information content (AvgIpc) is 3.40. The zero-order valence-electron chi connectivity index (χ0n) is 24.1. The predicted octanol–water partition coefficient (Wildman–Crippen LogP) is 3.64. The Morgan fingerprint density at radius 1 is 1.00 bits per heavy atom. The van der Waals surface area contributed by atoms with Gasteiger partial charge in [0, 0.05) is 31.6 Å². The highest BCUT2D eigenvalue weighted by Crippen LogP contribution is 2.43. The van der Waals surface area contributed by atoms with Crippen molar-refractivity contribution in [3.8, 4) is 5.75 Å². The van der Waals surface area contributed by atoms with Gasteiger partial charge in [0.2, 0.25) is 5.90 Å². The van der Waals surface area contributed by atoms with E-state index in [4.69, 9.17) is 19.6 Å². The molecule has 1 heterocycles. The Morgan fingerprint density at radius 3 is 2.31 bits per heavy atom. The molecular weight excluding hydrogens is 554 g/mol. The molecule has 0 aromatic heterocycles. The fraction of sp³-hybridized carbons (Fsp3) is 0.375. The Kier molecular flexibility index (Phi) is 10.7. The number of rotatable bonds is 15. The number of aliphatic imine (C=N–C) groups is 1. The number of hydrogen-bond donors (Lipinski definition) is 2. The zero-order chi connectivity index (χ0) is 30.0. The standard InChI is InChI=1S/C32H39N3O6S/c1-35(2)21-9-20-33-31(37)32(19-24-42(38,39)28-13-7-4-8-14-28)29(25-11-5-3-6-12-25)41-30(34-32)26-15-17-27(18-16-26)40-23-10-22-36/h3-8,11-18,29,36H,9-10,19-24H2,1-2H3,(H,33,37)/t29-,32-/m1/s1. The third-order valence-electron chi connectivity index (χ3n) is 7.05. The number of aliphatic hydroxyl groups excluding tert-OH is 1.